The Hall–Kier alpha value is -1.92. The summed E-state index contributed by atoms with van der Waals surface area (Å²) < 4.78 is 5.26. The van der Waals surface area contributed by atoms with Gasteiger partial charge in [-0.05, 0) is 56.5 Å². The van der Waals surface area contributed by atoms with Gasteiger partial charge in [0.05, 0.1) is 12.2 Å². The quantitative estimate of drug-likeness (QED) is 0.524. The number of ether oxygens (including phenoxy) is 1. The summed E-state index contributed by atoms with van der Waals surface area (Å²) in [7, 11) is 0. The lowest BCUT2D eigenvalue weighted by atomic mass is 10.0. The number of likely N-dealkylation sites (tertiary alicyclic amines) is 1. The summed E-state index contributed by atoms with van der Waals surface area (Å²) in [4.78, 5) is 15.8. The highest BCUT2D eigenvalue weighted by Crippen LogP contribution is 2.36. The first-order chi connectivity index (χ1) is 13.1. The van der Waals surface area contributed by atoms with Crippen LogP contribution in [-0.2, 0) is 4.74 Å². The van der Waals surface area contributed by atoms with Gasteiger partial charge in [-0.1, -0.05) is 37.3 Å². The average molecular weight is 403 g/mol. The fraction of sp³-hybridized carbons (Fsp3) is 0.429. The van der Waals surface area contributed by atoms with Crippen LogP contribution in [0.25, 0.3) is 10.4 Å². The number of carbonyl (C=O) groups is 1. The maximum Gasteiger partial charge on any atom is 0.341 e. The fourth-order valence-corrected chi connectivity index (χ4v) is 4.91. The number of benzene rings is 1. The van der Waals surface area contributed by atoms with E-state index in [0.29, 0.717) is 23.3 Å². The van der Waals surface area contributed by atoms with Gasteiger partial charge >= 0.3 is 5.97 Å². The second kappa shape index (κ2) is 9.33. The molecule has 0 aliphatic carbocycles. The highest BCUT2D eigenvalue weighted by molar-refractivity contribution is 7.80. The van der Waals surface area contributed by atoms with Crippen molar-refractivity contribution in [2.45, 2.75) is 45.6 Å². The number of nitrogens with one attached hydrogen (secondary N) is 1. The van der Waals surface area contributed by atoms with Crippen molar-refractivity contribution in [2.75, 3.05) is 18.5 Å². The number of piperidine rings is 1. The number of anilines is 1. The molecule has 0 bridgehead atoms. The standard InChI is InChI=1S/C21H26N2O2S2/c1-3-16-12-8-9-13-23(16)21(26)22-19-17(20(24)25-4-2)14-18(27-19)15-10-6-5-7-11-15/h5-7,10-11,14,16H,3-4,8-9,12-13H2,1-2H3,(H,22,26)/t16-/m0/s1. The average Bonchev–Trinajstić information content (AvgIpc) is 3.12. The number of thiocarbonyl (C=S) groups is 1. The normalized spacial score (nSPS) is 16.8. The predicted molar refractivity (Wildman–Crippen MR) is 117 cm³/mol. The summed E-state index contributed by atoms with van der Waals surface area (Å²) >= 11 is 7.25. The molecular weight excluding hydrogens is 376 g/mol. The van der Waals surface area contributed by atoms with Crippen LogP contribution in [-0.4, -0.2) is 35.2 Å². The number of esters is 1. The van der Waals surface area contributed by atoms with E-state index in [1.807, 2.05) is 43.3 Å². The summed E-state index contributed by atoms with van der Waals surface area (Å²) in [6, 6.07) is 12.4. The second-order valence-electron chi connectivity index (χ2n) is 6.62. The molecule has 0 unspecified atom stereocenters. The third-order valence-electron chi connectivity index (χ3n) is 4.87. The summed E-state index contributed by atoms with van der Waals surface area (Å²) in [5, 5.41) is 4.81. The molecule has 0 amide bonds. The van der Waals surface area contributed by atoms with Gasteiger partial charge in [-0.15, -0.1) is 11.3 Å². The minimum atomic E-state index is -0.313. The topological polar surface area (TPSA) is 41.6 Å². The zero-order valence-corrected chi connectivity index (χ0v) is 17.5. The van der Waals surface area contributed by atoms with Crippen LogP contribution in [0.5, 0.6) is 0 Å². The van der Waals surface area contributed by atoms with E-state index < -0.39 is 0 Å². The van der Waals surface area contributed by atoms with Crippen LogP contribution in [0.2, 0.25) is 0 Å². The third kappa shape index (κ3) is 4.68. The minimum Gasteiger partial charge on any atom is -0.462 e. The molecule has 1 aromatic heterocycles. The molecule has 6 heteroatoms. The van der Waals surface area contributed by atoms with Gasteiger partial charge in [0.15, 0.2) is 5.11 Å². The molecule has 1 aliphatic heterocycles. The Balaban J connectivity index is 1.87. The molecule has 1 saturated heterocycles. The molecule has 0 spiro atoms. The van der Waals surface area contributed by atoms with E-state index in [4.69, 9.17) is 17.0 Å². The molecular formula is C21H26N2O2S2. The van der Waals surface area contributed by atoms with Crippen LogP contribution in [0, 0.1) is 0 Å². The largest absolute Gasteiger partial charge is 0.462 e. The second-order valence-corrected chi connectivity index (χ2v) is 8.06. The number of carbonyl (C=O) groups excluding carboxylic acids is 1. The van der Waals surface area contributed by atoms with E-state index in [2.05, 4.69) is 17.1 Å². The van der Waals surface area contributed by atoms with Crippen molar-refractivity contribution in [3.05, 3.63) is 42.0 Å². The van der Waals surface area contributed by atoms with Crippen molar-refractivity contribution in [3.8, 4) is 10.4 Å². The molecule has 1 N–H and O–H groups in total. The van der Waals surface area contributed by atoms with Gasteiger partial charge in [-0.3, -0.25) is 0 Å². The first kappa shape index (κ1) is 19.8. The van der Waals surface area contributed by atoms with Gasteiger partial charge in [-0.25, -0.2) is 4.79 Å². The molecule has 1 aliphatic rings. The Morgan fingerprint density at radius 3 is 2.78 bits per heavy atom. The predicted octanol–water partition coefficient (Wildman–Crippen LogP) is 5.55. The highest BCUT2D eigenvalue weighted by atomic mass is 32.1. The molecule has 2 heterocycles. The van der Waals surface area contributed by atoms with Crippen molar-refractivity contribution >= 4 is 39.6 Å². The van der Waals surface area contributed by atoms with Crippen molar-refractivity contribution in [1.82, 2.24) is 4.90 Å². The molecule has 1 atom stereocenters. The fourth-order valence-electron chi connectivity index (χ4n) is 3.45. The molecule has 1 fully saturated rings. The minimum absolute atomic E-state index is 0.313. The summed E-state index contributed by atoms with van der Waals surface area (Å²) in [6.45, 7) is 5.34. The molecule has 1 aromatic carbocycles. The van der Waals surface area contributed by atoms with Gasteiger partial charge in [0.25, 0.3) is 0 Å². The van der Waals surface area contributed by atoms with Crippen molar-refractivity contribution in [1.29, 1.82) is 0 Å². The molecule has 0 saturated carbocycles. The van der Waals surface area contributed by atoms with Gasteiger partial charge < -0.3 is 15.0 Å². The zero-order valence-electron chi connectivity index (χ0n) is 15.9. The molecule has 3 rings (SSSR count). The molecule has 0 radical (unpaired) electrons. The van der Waals surface area contributed by atoms with Crippen molar-refractivity contribution in [2.24, 2.45) is 0 Å². The lowest BCUT2D eigenvalue weighted by molar-refractivity contribution is 0.0528. The van der Waals surface area contributed by atoms with Gasteiger partial charge in [0.1, 0.15) is 5.00 Å². The maximum absolute atomic E-state index is 12.5. The number of hydrogen-bond acceptors (Lipinski definition) is 4. The lowest BCUT2D eigenvalue weighted by Crippen LogP contribution is -2.45. The van der Waals surface area contributed by atoms with Crippen LogP contribution < -0.4 is 5.32 Å². The van der Waals surface area contributed by atoms with Gasteiger partial charge in [-0.2, -0.15) is 0 Å². The van der Waals surface area contributed by atoms with Gasteiger partial charge in [0.2, 0.25) is 0 Å². The van der Waals surface area contributed by atoms with E-state index in [0.717, 1.165) is 34.8 Å². The first-order valence-corrected chi connectivity index (χ1v) is 10.8. The van der Waals surface area contributed by atoms with Crippen LogP contribution in [0.3, 0.4) is 0 Å². The summed E-state index contributed by atoms with van der Waals surface area (Å²) in [5.41, 5.74) is 1.63. The Labute approximate surface area is 170 Å². The number of rotatable bonds is 5. The molecule has 27 heavy (non-hydrogen) atoms. The van der Waals surface area contributed by atoms with Crippen LogP contribution in [0.1, 0.15) is 49.9 Å². The Bertz CT molecular complexity index is 789. The molecule has 144 valence electrons. The Morgan fingerprint density at radius 1 is 1.30 bits per heavy atom. The third-order valence-corrected chi connectivity index (χ3v) is 6.30. The van der Waals surface area contributed by atoms with Crippen LogP contribution in [0.15, 0.2) is 36.4 Å². The summed E-state index contributed by atoms with van der Waals surface area (Å²) in [5.74, 6) is -0.313. The van der Waals surface area contributed by atoms with E-state index in [-0.39, 0.29) is 5.97 Å². The van der Waals surface area contributed by atoms with E-state index >= 15 is 0 Å². The van der Waals surface area contributed by atoms with Crippen molar-refractivity contribution in [3.63, 3.8) is 0 Å². The number of nitrogens with zero attached hydrogens (tertiary/aromatic N) is 1. The van der Waals surface area contributed by atoms with E-state index in [9.17, 15) is 4.79 Å². The number of hydrogen-bond donors (Lipinski definition) is 1. The van der Waals surface area contributed by atoms with Gasteiger partial charge in [0, 0.05) is 17.5 Å². The van der Waals surface area contributed by atoms with E-state index in [1.165, 1.54) is 12.8 Å². The summed E-state index contributed by atoms with van der Waals surface area (Å²) in [6.07, 6.45) is 4.65. The maximum atomic E-state index is 12.5. The van der Waals surface area contributed by atoms with Crippen LogP contribution in [0.4, 0.5) is 5.00 Å². The Kier molecular flexibility index (Phi) is 6.85. The Morgan fingerprint density at radius 2 is 2.07 bits per heavy atom. The van der Waals surface area contributed by atoms with E-state index in [1.54, 1.807) is 11.3 Å². The smallest absolute Gasteiger partial charge is 0.341 e. The first-order valence-electron chi connectivity index (χ1n) is 9.58. The number of thiophene rings is 1. The monoisotopic (exact) mass is 402 g/mol. The zero-order chi connectivity index (χ0) is 19.2. The highest BCUT2D eigenvalue weighted by Gasteiger charge is 2.25. The lowest BCUT2D eigenvalue weighted by Gasteiger charge is -2.37. The van der Waals surface area contributed by atoms with Crippen LogP contribution >= 0.6 is 23.6 Å². The SMILES string of the molecule is CCOC(=O)c1cc(-c2ccccc2)sc1NC(=S)N1CCCC[C@@H]1CC. The molecule has 2 aromatic rings. The van der Waals surface area contributed by atoms with Crippen molar-refractivity contribution < 1.29 is 9.53 Å². The molecule has 4 nitrogen and oxygen atoms in total.